The average Bonchev–Trinajstić information content (AvgIpc) is 3.01. The van der Waals surface area contributed by atoms with Crippen LogP contribution in [0.5, 0.6) is 0 Å². The number of carbonyl (C=O) groups is 4. The number of benzene rings is 2. The minimum Gasteiger partial charge on any atom is -0.450 e. The fraction of sp³-hybridized carbons (Fsp3) is 0.417. The van der Waals surface area contributed by atoms with Crippen LogP contribution in [0.3, 0.4) is 0 Å². The smallest absolute Gasteiger partial charge is 0.303 e. The average molecular weight is 704 g/mol. The largest absolute Gasteiger partial charge is 0.450 e. The Hall–Kier alpha value is -4.29. The molecule has 13 heteroatoms. The Morgan fingerprint density at radius 2 is 1.43 bits per heavy atom. The third-order valence-corrected chi connectivity index (χ3v) is 8.35. The first kappa shape index (κ1) is 39.2. The van der Waals surface area contributed by atoms with Crippen molar-refractivity contribution in [3.05, 3.63) is 101 Å². The van der Waals surface area contributed by atoms with E-state index in [2.05, 4.69) is 19.9 Å². The highest BCUT2D eigenvalue weighted by Crippen LogP contribution is 2.29. The SMILES string of the molecule is CC(=O)OC(C)(C)C(=O)Cl.CC(=O)OC(C)(C)C(=O)NC(c1ccc(CN2CCC(c3ccc(F)nc3)CC2)cc1)c1ccc(F)c(F)c1. The molecule has 49 heavy (non-hydrogen) atoms. The van der Waals surface area contributed by atoms with E-state index in [0.29, 0.717) is 17.0 Å². The van der Waals surface area contributed by atoms with Gasteiger partial charge in [0.15, 0.2) is 22.8 Å². The predicted molar refractivity (Wildman–Crippen MR) is 177 cm³/mol. The lowest BCUT2D eigenvalue weighted by molar-refractivity contribution is -0.163. The van der Waals surface area contributed by atoms with Gasteiger partial charge in [-0.05, 0) is 112 Å². The number of likely N-dealkylation sites (tertiary alicyclic amines) is 1. The molecule has 4 rings (SSSR count). The van der Waals surface area contributed by atoms with Crippen LogP contribution in [0.15, 0.2) is 60.8 Å². The lowest BCUT2D eigenvalue weighted by Gasteiger charge is -2.32. The van der Waals surface area contributed by atoms with Crippen LogP contribution in [0.25, 0.3) is 0 Å². The lowest BCUT2D eigenvalue weighted by Crippen LogP contribution is -2.46. The Labute approximate surface area is 289 Å². The molecular weight excluding hydrogens is 663 g/mol. The van der Waals surface area contributed by atoms with Gasteiger partial charge >= 0.3 is 11.9 Å². The molecule has 2 heterocycles. The highest BCUT2D eigenvalue weighted by atomic mass is 35.5. The van der Waals surface area contributed by atoms with E-state index in [9.17, 15) is 32.3 Å². The van der Waals surface area contributed by atoms with E-state index in [1.807, 2.05) is 24.3 Å². The van der Waals surface area contributed by atoms with Crippen molar-refractivity contribution in [2.75, 3.05) is 13.1 Å². The molecule has 9 nitrogen and oxygen atoms in total. The third kappa shape index (κ3) is 11.7. The van der Waals surface area contributed by atoms with E-state index >= 15 is 0 Å². The number of ether oxygens (including phenoxy) is 2. The van der Waals surface area contributed by atoms with Crippen molar-refractivity contribution >= 4 is 34.7 Å². The maximum Gasteiger partial charge on any atom is 0.303 e. The van der Waals surface area contributed by atoms with Crippen LogP contribution in [-0.2, 0) is 35.2 Å². The summed E-state index contributed by atoms with van der Waals surface area (Å²) in [5, 5.41) is 2.14. The Kier molecular flexibility index (Phi) is 13.5. The quantitative estimate of drug-likeness (QED) is 0.144. The third-order valence-electron chi connectivity index (χ3n) is 7.90. The predicted octanol–water partition coefficient (Wildman–Crippen LogP) is 6.52. The minimum absolute atomic E-state index is 0.353. The fourth-order valence-corrected chi connectivity index (χ4v) is 5.33. The molecule has 0 saturated carbocycles. The molecule has 0 aliphatic carbocycles. The monoisotopic (exact) mass is 703 g/mol. The van der Waals surface area contributed by atoms with Crippen molar-refractivity contribution in [3.63, 3.8) is 0 Å². The molecule has 264 valence electrons. The van der Waals surface area contributed by atoms with Crippen LogP contribution in [0, 0.1) is 17.6 Å². The zero-order valence-electron chi connectivity index (χ0n) is 28.3. The zero-order chi connectivity index (χ0) is 36.5. The molecule has 1 N–H and O–H groups in total. The molecule has 0 spiro atoms. The van der Waals surface area contributed by atoms with Crippen molar-refractivity contribution in [3.8, 4) is 0 Å². The summed E-state index contributed by atoms with van der Waals surface area (Å²) < 4.78 is 50.6. The van der Waals surface area contributed by atoms with Gasteiger partial charge in [-0.3, -0.25) is 24.1 Å². The number of halogens is 4. The summed E-state index contributed by atoms with van der Waals surface area (Å²) in [5.74, 6) is -3.83. The topological polar surface area (TPSA) is 115 Å². The molecule has 1 aliphatic rings. The van der Waals surface area contributed by atoms with Gasteiger partial charge in [-0.15, -0.1) is 0 Å². The maximum absolute atomic E-state index is 14.1. The number of nitrogens with one attached hydrogen (secondary N) is 1. The van der Waals surface area contributed by atoms with E-state index in [1.54, 1.807) is 12.3 Å². The number of aromatic nitrogens is 1. The second-order valence-electron chi connectivity index (χ2n) is 12.8. The summed E-state index contributed by atoms with van der Waals surface area (Å²) in [6.45, 7) is 10.7. The normalized spacial score (nSPS) is 14.6. The second kappa shape index (κ2) is 16.9. The molecule has 3 aromatic rings. The number of amides is 1. The van der Waals surface area contributed by atoms with Crippen LogP contribution in [0.1, 0.15) is 88.6 Å². The van der Waals surface area contributed by atoms with Gasteiger partial charge < -0.3 is 14.8 Å². The standard InChI is InChI=1S/C30H32F3N3O3.C6H9ClO3/c1-19(37)39-30(2,3)29(38)35-28(23-8-10-25(31)26(32)16-23)22-6-4-20(5-7-22)18-36-14-12-21(13-15-36)24-9-11-27(33)34-17-24;1-4(8)10-6(2,3)5(7)9/h4-11,16-17,21,28H,12-15,18H2,1-3H3,(H,35,38);1-3H3. The number of carbonyl (C=O) groups excluding carboxylic acids is 4. The van der Waals surface area contributed by atoms with Crippen LogP contribution in [0.2, 0.25) is 0 Å². The molecule has 1 atom stereocenters. The van der Waals surface area contributed by atoms with Crippen LogP contribution in [-0.4, -0.2) is 57.3 Å². The van der Waals surface area contributed by atoms with E-state index in [0.717, 1.165) is 55.7 Å². The van der Waals surface area contributed by atoms with Gasteiger partial charge in [0, 0.05) is 26.6 Å². The molecule has 1 saturated heterocycles. The van der Waals surface area contributed by atoms with Crippen LogP contribution >= 0.6 is 11.6 Å². The van der Waals surface area contributed by atoms with Gasteiger partial charge in [0.1, 0.15) is 0 Å². The van der Waals surface area contributed by atoms with Gasteiger partial charge in [0.25, 0.3) is 11.1 Å². The summed E-state index contributed by atoms with van der Waals surface area (Å²) in [5.41, 5.74) is 0.482. The highest BCUT2D eigenvalue weighted by molar-refractivity contribution is 6.65. The molecule has 2 aromatic carbocycles. The molecule has 1 amide bonds. The van der Waals surface area contributed by atoms with Crippen molar-refractivity contribution in [2.24, 2.45) is 0 Å². The highest BCUT2D eigenvalue weighted by Gasteiger charge is 2.33. The summed E-state index contributed by atoms with van der Waals surface area (Å²) >= 11 is 5.10. The van der Waals surface area contributed by atoms with E-state index in [1.165, 1.54) is 53.7 Å². The molecule has 1 aliphatic heterocycles. The van der Waals surface area contributed by atoms with E-state index < -0.39 is 57.9 Å². The van der Waals surface area contributed by atoms with Crippen molar-refractivity contribution in [2.45, 2.75) is 84.1 Å². The van der Waals surface area contributed by atoms with Gasteiger partial charge in [-0.25, -0.2) is 13.8 Å². The molecule has 1 fully saturated rings. The maximum atomic E-state index is 14.1. The van der Waals surface area contributed by atoms with E-state index in [-0.39, 0.29) is 0 Å². The second-order valence-corrected chi connectivity index (χ2v) is 13.1. The lowest BCUT2D eigenvalue weighted by atomic mass is 9.90. The van der Waals surface area contributed by atoms with Crippen molar-refractivity contribution < 1.29 is 41.8 Å². The first-order valence-electron chi connectivity index (χ1n) is 15.7. The van der Waals surface area contributed by atoms with Gasteiger partial charge in [-0.2, -0.15) is 4.39 Å². The number of hydrogen-bond acceptors (Lipinski definition) is 8. The molecule has 1 unspecified atom stereocenters. The van der Waals surface area contributed by atoms with Crippen molar-refractivity contribution in [1.29, 1.82) is 0 Å². The minimum atomic E-state index is -1.46. The molecule has 0 radical (unpaired) electrons. The summed E-state index contributed by atoms with van der Waals surface area (Å²) in [6.07, 6.45) is 3.52. The Morgan fingerprint density at radius 3 is 1.92 bits per heavy atom. The Bertz CT molecular complexity index is 1630. The van der Waals surface area contributed by atoms with Gasteiger partial charge in [0.2, 0.25) is 5.95 Å². The number of pyridine rings is 1. The number of hydrogen-bond donors (Lipinski definition) is 1. The number of rotatable bonds is 10. The number of esters is 2. The van der Waals surface area contributed by atoms with E-state index in [4.69, 9.17) is 16.3 Å². The first-order chi connectivity index (χ1) is 22.9. The number of nitrogens with zero attached hydrogens (tertiary/aromatic N) is 2. The number of piperidine rings is 1. The molecule has 1 aromatic heterocycles. The van der Waals surface area contributed by atoms with Gasteiger partial charge in [0.05, 0.1) is 6.04 Å². The summed E-state index contributed by atoms with van der Waals surface area (Å²) in [6, 6.07) is 13.5. The summed E-state index contributed by atoms with van der Waals surface area (Å²) in [7, 11) is 0. The van der Waals surface area contributed by atoms with Crippen molar-refractivity contribution in [1.82, 2.24) is 15.2 Å². The fourth-order valence-electron chi connectivity index (χ4n) is 5.29. The Morgan fingerprint density at radius 1 is 0.857 bits per heavy atom. The first-order valence-corrected chi connectivity index (χ1v) is 16.0. The Balaban J connectivity index is 0.000000565. The van der Waals surface area contributed by atoms with Gasteiger partial charge in [-0.1, -0.05) is 36.4 Å². The van der Waals surface area contributed by atoms with Crippen LogP contribution in [0.4, 0.5) is 13.2 Å². The molecule has 0 bridgehead atoms. The zero-order valence-corrected chi connectivity index (χ0v) is 29.1. The van der Waals surface area contributed by atoms with Crippen LogP contribution < -0.4 is 5.32 Å². The summed E-state index contributed by atoms with van der Waals surface area (Å²) in [4.78, 5) is 51.4. The molecular formula is C36H41ClF3N3O6.